The van der Waals surface area contributed by atoms with E-state index in [1.54, 1.807) is 0 Å². The van der Waals surface area contributed by atoms with Crippen LogP contribution in [0.1, 0.15) is 23.8 Å². The monoisotopic (exact) mass is 245 g/mol. The average Bonchev–Trinajstić information content (AvgIpc) is 2.74. The first kappa shape index (κ1) is 12.5. The van der Waals surface area contributed by atoms with Crippen molar-refractivity contribution in [1.82, 2.24) is 10.3 Å². The van der Waals surface area contributed by atoms with E-state index in [0.717, 1.165) is 0 Å². The van der Waals surface area contributed by atoms with E-state index in [4.69, 9.17) is 11.6 Å². The Bertz CT molecular complexity index is 387. The van der Waals surface area contributed by atoms with Gasteiger partial charge in [0.2, 0.25) is 0 Å². The predicted molar refractivity (Wildman–Crippen MR) is 59.7 cm³/mol. The lowest BCUT2D eigenvalue weighted by Gasteiger charge is -2.12. The molecule has 0 saturated carbocycles. The molecular weight excluding hydrogens is 234 g/mol. The molecule has 0 saturated heterocycles. The predicted octanol–water partition coefficient (Wildman–Crippen LogP) is 1.67. The van der Waals surface area contributed by atoms with E-state index in [1.807, 2.05) is 6.92 Å². The highest BCUT2D eigenvalue weighted by molar-refractivity contribution is 6.18. The summed E-state index contributed by atoms with van der Waals surface area (Å²) in [5, 5.41) is 13.1. The standard InChI is InChI=1S/C9H12ClN3O3/c1-2-6(4-10)12-9(14)8-3-7(5-11-8)13(15)16/h3,5-6,11H,2,4H2,1H3,(H,12,14). The zero-order chi connectivity index (χ0) is 12.1. The van der Waals surface area contributed by atoms with Crippen molar-refractivity contribution in [1.29, 1.82) is 0 Å². The fraction of sp³-hybridized carbons (Fsp3) is 0.444. The molecule has 0 radical (unpaired) electrons. The van der Waals surface area contributed by atoms with Gasteiger partial charge in [0, 0.05) is 18.0 Å². The second-order valence-corrected chi connectivity index (χ2v) is 3.57. The van der Waals surface area contributed by atoms with Crippen LogP contribution in [0.25, 0.3) is 0 Å². The van der Waals surface area contributed by atoms with E-state index in [1.165, 1.54) is 12.3 Å². The fourth-order valence-corrected chi connectivity index (χ4v) is 1.43. The van der Waals surface area contributed by atoms with Crippen LogP contribution in [0.2, 0.25) is 0 Å². The van der Waals surface area contributed by atoms with E-state index in [-0.39, 0.29) is 23.3 Å². The summed E-state index contributed by atoms with van der Waals surface area (Å²) < 4.78 is 0. The molecule has 1 amide bonds. The first-order valence-electron chi connectivity index (χ1n) is 4.78. The van der Waals surface area contributed by atoms with Crippen molar-refractivity contribution in [3.8, 4) is 0 Å². The van der Waals surface area contributed by atoms with E-state index in [0.29, 0.717) is 12.3 Å². The minimum atomic E-state index is -0.563. The van der Waals surface area contributed by atoms with Crippen LogP contribution in [0, 0.1) is 10.1 Å². The van der Waals surface area contributed by atoms with Crippen molar-refractivity contribution >= 4 is 23.2 Å². The van der Waals surface area contributed by atoms with Gasteiger partial charge in [-0.25, -0.2) is 0 Å². The topological polar surface area (TPSA) is 88.0 Å². The summed E-state index contributed by atoms with van der Waals surface area (Å²) in [5.74, 6) is -0.0778. The average molecular weight is 246 g/mol. The first-order valence-corrected chi connectivity index (χ1v) is 5.31. The number of aromatic nitrogens is 1. The zero-order valence-electron chi connectivity index (χ0n) is 8.70. The number of carbonyl (C=O) groups is 1. The molecule has 0 bridgehead atoms. The van der Waals surface area contributed by atoms with Crippen LogP contribution >= 0.6 is 11.6 Å². The van der Waals surface area contributed by atoms with Crippen LogP contribution in [0.4, 0.5) is 5.69 Å². The van der Waals surface area contributed by atoms with Gasteiger partial charge in [-0.1, -0.05) is 6.92 Å². The van der Waals surface area contributed by atoms with E-state index >= 15 is 0 Å². The second kappa shape index (κ2) is 5.50. The molecule has 16 heavy (non-hydrogen) atoms. The Balaban J connectivity index is 2.69. The lowest BCUT2D eigenvalue weighted by molar-refractivity contribution is -0.384. The number of hydrogen-bond acceptors (Lipinski definition) is 3. The number of nitrogens with zero attached hydrogens (tertiary/aromatic N) is 1. The molecule has 0 aliphatic heterocycles. The van der Waals surface area contributed by atoms with Gasteiger partial charge < -0.3 is 10.3 Å². The molecule has 1 rings (SSSR count). The Hall–Kier alpha value is -1.56. The SMILES string of the molecule is CCC(CCl)NC(=O)c1cc([N+](=O)[O-])c[nH]1. The van der Waals surface area contributed by atoms with Gasteiger partial charge in [0.1, 0.15) is 5.69 Å². The third kappa shape index (κ3) is 2.96. The Morgan fingerprint density at radius 1 is 1.75 bits per heavy atom. The maximum atomic E-state index is 11.6. The normalized spacial score (nSPS) is 12.1. The number of H-pyrrole nitrogens is 1. The number of alkyl halides is 1. The van der Waals surface area contributed by atoms with Gasteiger partial charge in [-0.15, -0.1) is 11.6 Å². The lowest BCUT2D eigenvalue weighted by Crippen LogP contribution is -2.35. The van der Waals surface area contributed by atoms with Gasteiger partial charge in [0.25, 0.3) is 11.6 Å². The molecule has 0 fully saturated rings. The molecule has 2 N–H and O–H groups in total. The van der Waals surface area contributed by atoms with Crippen molar-refractivity contribution in [3.05, 3.63) is 28.1 Å². The lowest BCUT2D eigenvalue weighted by atomic mass is 10.2. The van der Waals surface area contributed by atoms with Crippen LogP contribution in [-0.4, -0.2) is 27.7 Å². The number of nitro groups is 1. The highest BCUT2D eigenvalue weighted by Gasteiger charge is 2.16. The number of rotatable bonds is 5. The van der Waals surface area contributed by atoms with Crippen molar-refractivity contribution in [2.45, 2.75) is 19.4 Å². The summed E-state index contributed by atoms with van der Waals surface area (Å²) in [7, 11) is 0. The summed E-state index contributed by atoms with van der Waals surface area (Å²) in [6.45, 7) is 1.89. The fourth-order valence-electron chi connectivity index (χ4n) is 1.13. The molecule has 1 aromatic rings. The quantitative estimate of drug-likeness (QED) is 0.470. The van der Waals surface area contributed by atoms with Crippen molar-refractivity contribution in [2.24, 2.45) is 0 Å². The Morgan fingerprint density at radius 3 is 2.88 bits per heavy atom. The second-order valence-electron chi connectivity index (χ2n) is 3.26. The Labute approximate surface area is 97.1 Å². The molecule has 6 nitrogen and oxygen atoms in total. The molecule has 0 aliphatic carbocycles. The molecule has 1 atom stereocenters. The molecule has 0 aliphatic rings. The number of halogens is 1. The first-order chi connectivity index (χ1) is 7.58. The van der Waals surface area contributed by atoms with Gasteiger partial charge in [0.15, 0.2) is 0 Å². The van der Waals surface area contributed by atoms with Gasteiger partial charge in [-0.3, -0.25) is 14.9 Å². The molecule has 0 spiro atoms. The molecule has 7 heteroatoms. The molecule has 1 unspecified atom stereocenters. The highest BCUT2D eigenvalue weighted by Crippen LogP contribution is 2.12. The third-order valence-electron chi connectivity index (χ3n) is 2.14. The minimum Gasteiger partial charge on any atom is -0.351 e. The smallest absolute Gasteiger partial charge is 0.287 e. The van der Waals surface area contributed by atoms with Crippen LogP contribution < -0.4 is 5.32 Å². The number of carbonyl (C=O) groups excluding carboxylic acids is 1. The Morgan fingerprint density at radius 2 is 2.44 bits per heavy atom. The minimum absolute atomic E-state index is 0.128. The third-order valence-corrected chi connectivity index (χ3v) is 2.51. The van der Waals surface area contributed by atoms with E-state index in [9.17, 15) is 14.9 Å². The van der Waals surface area contributed by atoms with Crippen LogP contribution in [0.15, 0.2) is 12.3 Å². The molecule has 1 heterocycles. The van der Waals surface area contributed by atoms with Gasteiger partial charge >= 0.3 is 0 Å². The van der Waals surface area contributed by atoms with Crippen LogP contribution in [0.3, 0.4) is 0 Å². The number of hydrogen-bond donors (Lipinski definition) is 2. The molecular formula is C9H12ClN3O3. The summed E-state index contributed by atoms with van der Waals surface area (Å²) >= 11 is 5.62. The van der Waals surface area contributed by atoms with Crippen molar-refractivity contribution < 1.29 is 9.72 Å². The van der Waals surface area contributed by atoms with E-state index < -0.39 is 4.92 Å². The Kier molecular flexibility index (Phi) is 4.30. The maximum absolute atomic E-state index is 11.6. The number of aromatic amines is 1. The number of amides is 1. The summed E-state index contributed by atoms with van der Waals surface area (Å²) in [6, 6.07) is 1.06. The summed E-state index contributed by atoms with van der Waals surface area (Å²) in [6.07, 6.45) is 1.88. The van der Waals surface area contributed by atoms with E-state index in [2.05, 4.69) is 10.3 Å². The molecule has 88 valence electrons. The van der Waals surface area contributed by atoms with Crippen molar-refractivity contribution in [2.75, 3.05) is 5.88 Å². The zero-order valence-corrected chi connectivity index (χ0v) is 9.45. The van der Waals surface area contributed by atoms with Gasteiger partial charge in [-0.05, 0) is 6.42 Å². The highest BCUT2D eigenvalue weighted by atomic mass is 35.5. The maximum Gasteiger partial charge on any atom is 0.287 e. The van der Waals surface area contributed by atoms with Crippen molar-refractivity contribution in [3.63, 3.8) is 0 Å². The summed E-state index contributed by atoms with van der Waals surface area (Å²) in [5.41, 5.74) is 0.0272. The molecule has 1 aromatic heterocycles. The number of nitrogens with one attached hydrogen (secondary N) is 2. The van der Waals surface area contributed by atoms with Crippen LogP contribution in [0.5, 0.6) is 0 Å². The summed E-state index contributed by atoms with van der Waals surface area (Å²) in [4.78, 5) is 24.0. The van der Waals surface area contributed by atoms with Crippen LogP contribution in [-0.2, 0) is 0 Å². The molecule has 0 aromatic carbocycles. The largest absolute Gasteiger partial charge is 0.351 e. The van der Waals surface area contributed by atoms with Gasteiger partial charge in [0.05, 0.1) is 11.1 Å². The van der Waals surface area contributed by atoms with Gasteiger partial charge in [-0.2, -0.15) is 0 Å².